The van der Waals surface area contributed by atoms with Crippen molar-refractivity contribution in [2.45, 2.75) is 11.9 Å². The first-order valence-electron chi connectivity index (χ1n) is 4.52. The fourth-order valence-electron chi connectivity index (χ4n) is 1.26. The van der Waals surface area contributed by atoms with Gasteiger partial charge in [0.2, 0.25) is 0 Å². The minimum absolute atomic E-state index is 0.223. The third-order valence-corrected chi connectivity index (χ3v) is 2.49. The van der Waals surface area contributed by atoms with Gasteiger partial charge in [-0.1, -0.05) is 23.7 Å². The van der Waals surface area contributed by atoms with E-state index in [9.17, 15) is 0 Å². The summed E-state index contributed by atoms with van der Waals surface area (Å²) in [6.45, 7) is 0. The van der Waals surface area contributed by atoms with Crippen molar-refractivity contribution in [1.82, 2.24) is 5.43 Å². The van der Waals surface area contributed by atoms with Gasteiger partial charge >= 0.3 is 0 Å². The fourth-order valence-corrected chi connectivity index (χ4v) is 1.51. The van der Waals surface area contributed by atoms with Crippen LogP contribution in [0.3, 0.4) is 0 Å². The molecule has 1 aromatic rings. The first-order valence-corrected chi connectivity index (χ1v) is 5.41. The molecule has 0 spiro atoms. The van der Waals surface area contributed by atoms with Crippen LogP contribution in [-0.2, 0) is 6.42 Å². The minimum Gasteiger partial charge on any atom is -0.276 e. The van der Waals surface area contributed by atoms with Gasteiger partial charge in [0.05, 0.1) is 5.71 Å². The van der Waals surface area contributed by atoms with E-state index in [4.69, 9.17) is 11.6 Å². The van der Waals surface area contributed by atoms with E-state index >= 15 is 0 Å². The number of nitrogens with zero attached hydrogens (tertiary/aromatic N) is 2. The van der Waals surface area contributed by atoms with Crippen LogP contribution in [0.2, 0.25) is 5.02 Å². The van der Waals surface area contributed by atoms with Crippen LogP contribution in [0.4, 0.5) is 0 Å². The maximum Gasteiger partial charge on any atom is 0.178 e. The van der Waals surface area contributed by atoms with E-state index in [-0.39, 0.29) is 5.50 Å². The SMILES string of the molecule is SC1N=CC(Cc2ccc(Cl)cc2)=NN1. The summed E-state index contributed by atoms with van der Waals surface area (Å²) in [4.78, 5) is 4.10. The van der Waals surface area contributed by atoms with Crippen molar-refractivity contribution in [2.24, 2.45) is 10.1 Å². The van der Waals surface area contributed by atoms with Crippen molar-refractivity contribution in [1.29, 1.82) is 0 Å². The number of rotatable bonds is 2. The Kier molecular flexibility index (Phi) is 3.28. The Morgan fingerprint density at radius 2 is 2.07 bits per heavy atom. The molecule has 1 atom stereocenters. The number of nitrogens with one attached hydrogen (secondary N) is 1. The molecule has 5 heteroatoms. The molecule has 15 heavy (non-hydrogen) atoms. The predicted molar refractivity (Wildman–Crippen MR) is 67.0 cm³/mol. The number of hydrogen-bond donors (Lipinski definition) is 2. The Labute approximate surface area is 98.7 Å². The zero-order valence-corrected chi connectivity index (χ0v) is 9.54. The number of thiol groups is 1. The molecule has 0 fully saturated rings. The van der Waals surface area contributed by atoms with Crippen LogP contribution in [0.15, 0.2) is 34.4 Å². The molecule has 1 N–H and O–H groups in total. The zero-order chi connectivity index (χ0) is 10.7. The molecule has 2 rings (SSSR count). The van der Waals surface area contributed by atoms with Gasteiger partial charge in [0.1, 0.15) is 0 Å². The molecule has 0 saturated heterocycles. The molecule has 0 saturated carbocycles. The van der Waals surface area contributed by atoms with Crippen LogP contribution < -0.4 is 5.43 Å². The third kappa shape index (κ3) is 2.97. The van der Waals surface area contributed by atoms with Crippen molar-refractivity contribution < 1.29 is 0 Å². The highest BCUT2D eigenvalue weighted by molar-refractivity contribution is 7.80. The van der Waals surface area contributed by atoms with Crippen LogP contribution >= 0.6 is 24.2 Å². The topological polar surface area (TPSA) is 36.8 Å². The van der Waals surface area contributed by atoms with Gasteiger partial charge in [0.15, 0.2) is 5.50 Å². The van der Waals surface area contributed by atoms with Crippen molar-refractivity contribution in [3.05, 3.63) is 34.9 Å². The van der Waals surface area contributed by atoms with Crippen molar-refractivity contribution in [2.75, 3.05) is 0 Å². The minimum atomic E-state index is -0.223. The van der Waals surface area contributed by atoms with Crippen LogP contribution in [0.5, 0.6) is 0 Å². The highest BCUT2D eigenvalue weighted by atomic mass is 35.5. The van der Waals surface area contributed by atoms with Crippen LogP contribution in [0.25, 0.3) is 0 Å². The fraction of sp³-hybridized carbons (Fsp3) is 0.200. The van der Waals surface area contributed by atoms with E-state index in [1.807, 2.05) is 24.3 Å². The lowest BCUT2D eigenvalue weighted by Gasteiger charge is -2.11. The number of halogens is 1. The van der Waals surface area contributed by atoms with Crippen molar-refractivity contribution in [3.8, 4) is 0 Å². The molecule has 0 bridgehead atoms. The van der Waals surface area contributed by atoms with Gasteiger partial charge in [0, 0.05) is 17.7 Å². The predicted octanol–water partition coefficient (Wildman–Crippen LogP) is 2.13. The van der Waals surface area contributed by atoms with E-state index < -0.39 is 0 Å². The molecule has 0 amide bonds. The van der Waals surface area contributed by atoms with Gasteiger partial charge in [-0.3, -0.25) is 10.4 Å². The first-order chi connectivity index (χ1) is 7.24. The lowest BCUT2D eigenvalue weighted by molar-refractivity contribution is 0.711. The maximum atomic E-state index is 5.79. The second kappa shape index (κ2) is 4.68. The van der Waals surface area contributed by atoms with E-state index in [0.29, 0.717) is 0 Å². The van der Waals surface area contributed by atoms with Gasteiger partial charge in [-0.05, 0) is 17.7 Å². The van der Waals surface area contributed by atoms with Gasteiger partial charge in [-0.25, -0.2) is 0 Å². The molecular weight excluding hydrogens is 230 g/mol. The highest BCUT2D eigenvalue weighted by Crippen LogP contribution is 2.10. The quantitative estimate of drug-likeness (QED) is 0.763. The van der Waals surface area contributed by atoms with Gasteiger partial charge in [0.25, 0.3) is 0 Å². The molecular formula is C10H10ClN3S. The molecule has 1 aromatic carbocycles. The zero-order valence-electron chi connectivity index (χ0n) is 7.89. The summed E-state index contributed by atoms with van der Waals surface area (Å²) < 4.78 is 0. The smallest absolute Gasteiger partial charge is 0.178 e. The standard InChI is InChI=1S/C10H10ClN3S/c11-8-3-1-7(2-4-8)5-9-6-12-10(15)14-13-9/h1-4,6,10,14-15H,5H2. The monoisotopic (exact) mass is 239 g/mol. The van der Waals surface area contributed by atoms with Crippen LogP contribution in [0, 0.1) is 0 Å². The Morgan fingerprint density at radius 1 is 1.33 bits per heavy atom. The van der Waals surface area contributed by atoms with Crippen LogP contribution in [-0.4, -0.2) is 17.4 Å². The summed E-state index contributed by atoms with van der Waals surface area (Å²) in [7, 11) is 0. The first kappa shape index (κ1) is 10.5. The Hall–Kier alpha value is -1.00. The second-order valence-electron chi connectivity index (χ2n) is 3.19. The van der Waals surface area contributed by atoms with E-state index in [1.54, 1.807) is 6.21 Å². The average molecular weight is 240 g/mol. The number of hydrogen-bond acceptors (Lipinski definition) is 4. The maximum absolute atomic E-state index is 5.79. The third-order valence-electron chi connectivity index (χ3n) is 1.99. The van der Waals surface area contributed by atoms with Gasteiger partial charge < -0.3 is 0 Å². The molecule has 1 heterocycles. The Morgan fingerprint density at radius 3 is 2.67 bits per heavy atom. The molecule has 1 unspecified atom stereocenters. The molecule has 78 valence electrons. The summed E-state index contributed by atoms with van der Waals surface area (Å²) in [5.41, 5.74) is 4.62. The van der Waals surface area contributed by atoms with E-state index in [1.165, 1.54) is 0 Å². The number of hydrazone groups is 1. The van der Waals surface area contributed by atoms with Crippen molar-refractivity contribution >= 4 is 36.2 Å². The lowest BCUT2D eigenvalue weighted by atomic mass is 10.1. The summed E-state index contributed by atoms with van der Waals surface area (Å²) in [6.07, 6.45) is 2.48. The summed E-state index contributed by atoms with van der Waals surface area (Å²) in [6, 6.07) is 7.69. The summed E-state index contributed by atoms with van der Waals surface area (Å²) in [5, 5.41) is 4.88. The number of benzene rings is 1. The number of aliphatic imine (C=N–C) groups is 1. The lowest BCUT2D eigenvalue weighted by Crippen LogP contribution is -2.25. The molecule has 1 aliphatic heterocycles. The highest BCUT2D eigenvalue weighted by Gasteiger charge is 2.06. The summed E-state index contributed by atoms with van der Waals surface area (Å²) >= 11 is 9.90. The van der Waals surface area contributed by atoms with Crippen LogP contribution in [0.1, 0.15) is 5.56 Å². The average Bonchev–Trinajstić information content (AvgIpc) is 2.25. The molecule has 0 aliphatic carbocycles. The normalized spacial score (nSPS) is 19.6. The Bertz CT molecular complexity index is 400. The molecule has 0 radical (unpaired) electrons. The van der Waals surface area contributed by atoms with E-state index in [2.05, 4.69) is 28.1 Å². The molecule has 0 aromatic heterocycles. The van der Waals surface area contributed by atoms with E-state index in [0.717, 1.165) is 22.7 Å². The second-order valence-corrected chi connectivity index (χ2v) is 4.11. The largest absolute Gasteiger partial charge is 0.276 e. The van der Waals surface area contributed by atoms with Gasteiger partial charge in [-0.2, -0.15) is 5.10 Å². The van der Waals surface area contributed by atoms with Gasteiger partial charge in [-0.15, -0.1) is 12.6 Å². The summed E-state index contributed by atoms with van der Waals surface area (Å²) in [5.74, 6) is 0. The molecule has 3 nitrogen and oxygen atoms in total. The Balaban J connectivity index is 2.04. The van der Waals surface area contributed by atoms with Crippen molar-refractivity contribution in [3.63, 3.8) is 0 Å². The molecule has 1 aliphatic rings.